The number of hydrogen-bond donors (Lipinski definition) is 2. The fraction of sp³-hybridized carbons (Fsp3) is 0.692. The number of carboxylic acid groups (broad SMARTS) is 1. The van der Waals surface area contributed by atoms with E-state index in [1.165, 1.54) is 0 Å². The number of amides is 1. The third-order valence-corrected chi connectivity index (χ3v) is 3.20. The van der Waals surface area contributed by atoms with Crippen LogP contribution < -0.4 is 5.32 Å². The van der Waals surface area contributed by atoms with Gasteiger partial charge in [0.25, 0.3) is 0 Å². The lowest BCUT2D eigenvalue weighted by atomic mass is 9.82. The predicted octanol–water partition coefficient (Wildman–Crippen LogP) is 1.96. The molecule has 0 heterocycles. The van der Waals surface area contributed by atoms with E-state index in [0.29, 0.717) is 12.8 Å². The van der Waals surface area contributed by atoms with Crippen molar-refractivity contribution in [2.45, 2.75) is 45.6 Å². The summed E-state index contributed by atoms with van der Waals surface area (Å²) in [6, 6.07) is 0.118. The van der Waals surface area contributed by atoms with Crippen molar-refractivity contribution in [2.24, 2.45) is 11.8 Å². The number of nitrogens with one attached hydrogen (secondary N) is 1. The molecular weight excluding hydrogens is 218 g/mol. The summed E-state index contributed by atoms with van der Waals surface area (Å²) in [7, 11) is 0. The van der Waals surface area contributed by atoms with Crippen molar-refractivity contribution in [1.29, 1.82) is 0 Å². The van der Waals surface area contributed by atoms with Gasteiger partial charge in [0, 0.05) is 6.04 Å². The van der Waals surface area contributed by atoms with Gasteiger partial charge in [0.15, 0.2) is 0 Å². The van der Waals surface area contributed by atoms with Gasteiger partial charge in [-0.2, -0.15) is 0 Å². The monoisotopic (exact) mass is 239 g/mol. The third kappa shape index (κ3) is 3.88. The van der Waals surface area contributed by atoms with Gasteiger partial charge in [0.05, 0.1) is 11.8 Å². The molecule has 4 nitrogen and oxygen atoms in total. The zero-order valence-corrected chi connectivity index (χ0v) is 10.5. The second kappa shape index (κ2) is 6.42. The second-order valence-corrected chi connectivity index (χ2v) is 4.69. The molecule has 0 radical (unpaired) electrons. The van der Waals surface area contributed by atoms with Gasteiger partial charge in [-0.3, -0.25) is 9.59 Å². The highest BCUT2D eigenvalue weighted by molar-refractivity contribution is 5.85. The summed E-state index contributed by atoms with van der Waals surface area (Å²) in [5.41, 5.74) is 0. The van der Waals surface area contributed by atoms with Crippen molar-refractivity contribution in [3.63, 3.8) is 0 Å². The van der Waals surface area contributed by atoms with Gasteiger partial charge in [0.2, 0.25) is 5.91 Å². The van der Waals surface area contributed by atoms with E-state index >= 15 is 0 Å². The summed E-state index contributed by atoms with van der Waals surface area (Å²) >= 11 is 0. The average Bonchev–Trinajstić information content (AvgIpc) is 2.29. The number of allylic oxidation sites excluding steroid dienone is 2. The lowest BCUT2D eigenvalue weighted by Gasteiger charge is -2.25. The maximum atomic E-state index is 12.0. The van der Waals surface area contributed by atoms with E-state index in [0.717, 1.165) is 12.8 Å². The molecule has 0 aromatic rings. The number of carbonyl (C=O) groups excluding carboxylic acids is 1. The Morgan fingerprint density at radius 1 is 1.35 bits per heavy atom. The van der Waals surface area contributed by atoms with Crippen LogP contribution in [0.2, 0.25) is 0 Å². The maximum Gasteiger partial charge on any atom is 0.307 e. The average molecular weight is 239 g/mol. The summed E-state index contributed by atoms with van der Waals surface area (Å²) < 4.78 is 0. The van der Waals surface area contributed by atoms with Crippen LogP contribution in [-0.2, 0) is 9.59 Å². The zero-order valence-electron chi connectivity index (χ0n) is 10.5. The molecule has 0 aromatic heterocycles. The Balaban J connectivity index is 2.60. The van der Waals surface area contributed by atoms with Crippen molar-refractivity contribution in [3.05, 3.63) is 12.2 Å². The quantitative estimate of drug-likeness (QED) is 0.721. The first-order valence-corrected chi connectivity index (χ1v) is 6.24. The number of carbonyl (C=O) groups is 2. The zero-order chi connectivity index (χ0) is 12.8. The standard InChI is InChI=1S/C13H21NO3/c1-3-6-9(2)14-12(15)10-7-4-5-8-11(10)13(16)17/h4-5,9-11H,3,6-8H2,1-2H3,(H,14,15)(H,16,17)/t9?,10-,11+/m1/s1. The van der Waals surface area contributed by atoms with Gasteiger partial charge in [-0.25, -0.2) is 0 Å². The minimum absolute atomic E-state index is 0.118. The highest BCUT2D eigenvalue weighted by Crippen LogP contribution is 2.26. The lowest BCUT2D eigenvalue weighted by Crippen LogP contribution is -2.42. The van der Waals surface area contributed by atoms with Crippen LogP contribution in [0.25, 0.3) is 0 Å². The van der Waals surface area contributed by atoms with Crippen molar-refractivity contribution >= 4 is 11.9 Å². The Morgan fingerprint density at radius 2 is 1.94 bits per heavy atom. The Labute approximate surface area is 102 Å². The summed E-state index contributed by atoms with van der Waals surface area (Å²) in [4.78, 5) is 23.1. The SMILES string of the molecule is CCCC(C)NC(=O)[C@@H]1CC=CC[C@@H]1C(=O)O. The molecule has 0 saturated heterocycles. The van der Waals surface area contributed by atoms with E-state index in [9.17, 15) is 9.59 Å². The van der Waals surface area contributed by atoms with Gasteiger partial charge >= 0.3 is 5.97 Å². The molecule has 0 bridgehead atoms. The largest absolute Gasteiger partial charge is 0.481 e. The fourth-order valence-electron chi connectivity index (χ4n) is 2.23. The van der Waals surface area contributed by atoms with Crippen molar-refractivity contribution in [2.75, 3.05) is 0 Å². The van der Waals surface area contributed by atoms with Gasteiger partial charge in [-0.15, -0.1) is 0 Å². The van der Waals surface area contributed by atoms with Crippen LogP contribution in [0, 0.1) is 11.8 Å². The van der Waals surface area contributed by atoms with Crippen LogP contribution in [0.4, 0.5) is 0 Å². The van der Waals surface area contributed by atoms with Gasteiger partial charge < -0.3 is 10.4 Å². The predicted molar refractivity (Wildman–Crippen MR) is 65.5 cm³/mol. The summed E-state index contributed by atoms with van der Waals surface area (Å²) in [5.74, 6) is -1.99. The van der Waals surface area contributed by atoms with E-state index in [1.54, 1.807) is 0 Å². The molecule has 1 amide bonds. The first kappa shape index (κ1) is 13.7. The molecule has 2 N–H and O–H groups in total. The molecule has 0 aliphatic heterocycles. The molecule has 0 saturated carbocycles. The Bertz CT molecular complexity index is 312. The molecule has 0 spiro atoms. The molecule has 96 valence electrons. The van der Waals surface area contributed by atoms with Crippen LogP contribution in [0.15, 0.2) is 12.2 Å². The number of carboxylic acids is 1. The van der Waals surface area contributed by atoms with E-state index in [1.807, 2.05) is 19.1 Å². The van der Waals surface area contributed by atoms with E-state index in [4.69, 9.17) is 5.11 Å². The molecule has 3 atom stereocenters. The third-order valence-electron chi connectivity index (χ3n) is 3.20. The normalized spacial score (nSPS) is 25.3. The molecule has 0 fully saturated rings. The fourth-order valence-corrected chi connectivity index (χ4v) is 2.23. The molecule has 1 unspecified atom stereocenters. The van der Waals surface area contributed by atoms with E-state index in [-0.39, 0.29) is 11.9 Å². The van der Waals surface area contributed by atoms with Crippen LogP contribution in [-0.4, -0.2) is 23.0 Å². The maximum absolute atomic E-state index is 12.0. The molecule has 1 aliphatic rings. The Morgan fingerprint density at radius 3 is 2.47 bits per heavy atom. The minimum Gasteiger partial charge on any atom is -0.481 e. The highest BCUT2D eigenvalue weighted by atomic mass is 16.4. The van der Waals surface area contributed by atoms with Crippen LogP contribution in [0.3, 0.4) is 0 Å². The van der Waals surface area contributed by atoms with Crippen molar-refractivity contribution in [3.8, 4) is 0 Å². The number of aliphatic carboxylic acids is 1. The second-order valence-electron chi connectivity index (χ2n) is 4.69. The van der Waals surface area contributed by atoms with Crippen LogP contribution in [0.1, 0.15) is 39.5 Å². The van der Waals surface area contributed by atoms with Gasteiger partial charge in [-0.05, 0) is 26.2 Å². The lowest BCUT2D eigenvalue weighted by molar-refractivity contribution is -0.147. The highest BCUT2D eigenvalue weighted by Gasteiger charge is 2.34. The molecule has 1 rings (SSSR count). The summed E-state index contributed by atoms with van der Waals surface area (Å²) in [6.07, 6.45) is 6.66. The minimum atomic E-state index is -0.877. The Kier molecular flexibility index (Phi) is 5.19. The summed E-state index contributed by atoms with van der Waals surface area (Å²) in [5, 5.41) is 12.0. The number of rotatable bonds is 5. The first-order chi connectivity index (χ1) is 8.06. The van der Waals surface area contributed by atoms with Crippen LogP contribution in [0.5, 0.6) is 0 Å². The smallest absolute Gasteiger partial charge is 0.307 e. The van der Waals surface area contributed by atoms with Crippen molar-refractivity contribution in [1.82, 2.24) is 5.32 Å². The molecular formula is C13H21NO3. The van der Waals surface area contributed by atoms with Crippen LogP contribution >= 0.6 is 0 Å². The summed E-state index contributed by atoms with van der Waals surface area (Å²) in [6.45, 7) is 4.02. The topological polar surface area (TPSA) is 66.4 Å². The van der Waals surface area contributed by atoms with Gasteiger partial charge in [0.1, 0.15) is 0 Å². The molecule has 17 heavy (non-hydrogen) atoms. The molecule has 4 heteroatoms. The Hall–Kier alpha value is -1.32. The van der Waals surface area contributed by atoms with Crippen molar-refractivity contribution < 1.29 is 14.7 Å². The van der Waals surface area contributed by atoms with E-state index < -0.39 is 17.8 Å². The number of hydrogen-bond acceptors (Lipinski definition) is 2. The molecule has 0 aromatic carbocycles. The van der Waals surface area contributed by atoms with E-state index in [2.05, 4.69) is 12.2 Å². The molecule has 1 aliphatic carbocycles. The first-order valence-electron chi connectivity index (χ1n) is 6.24. The van der Waals surface area contributed by atoms with Gasteiger partial charge in [-0.1, -0.05) is 25.5 Å².